The second kappa shape index (κ2) is 17.4. The molecule has 1 aliphatic rings. The Morgan fingerprint density at radius 1 is 0.800 bits per heavy atom. The SMILES string of the molecule is CCCCCCCCOC(=O)C(C#N)=C1C=CN(c2ccc(OCCCCCCCC)cc2)C=C1. The van der Waals surface area contributed by atoms with Gasteiger partial charge in [-0.3, -0.25) is 0 Å². The standard InChI is InChI=1S/C30H42N2O3/c1-3-5-7-9-11-13-23-34-28-17-15-27(16-18-28)32-21-19-26(20-22-32)29(25-31)30(33)35-24-14-12-10-8-6-4-2/h15-22H,3-14,23-24H2,1-2H3. The Morgan fingerprint density at radius 2 is 1.34 bits per heavy atom. The maximum absolute atomic E-state index is 12.4. The van der Waals surface area contributed by atoms with Crippen molar-refractivity contribution in [3.63, 3.8) is 0 Å². The third-order valence-electron chi connectivity index (χ3n) is 6.07. The van der Waals surface area contributed by atoms with Crippen LogP contribution in [0.4, 0.5) is 5.69 Å². The summed E-state index contributed by atoms with van der Waals surface area (Å²) in [5.41, 5.74) is 1.59. The van der Waals surface area contributed by atoms with Gasteiger partial charge in [0.2, 0.25) is 0 Å². The number of rotatable bonds is 17. The Labute approximate surface area is 212 Å². The van der Waals surface area contributed by atoms with Gasteiger partial charge in [-0.1, -0.05) is 78.1 Å². The monoisotopic (exact) mass is 478 g/mol. The van der Waals surface area contributed by atoms with Crippen LogP contribution in [-0.2, 0) is 9.53 Å². The van der Waals surface area contributed by atoms with E-state index in [-0.39, 0.29) is 5.57 Å². The van der Waals surface area contributed by atoms with E-state index in [0.29, 0.717) is 12.2 Å². The smallest absolute Gasteiger partial charge is 0.349 e. The number of carbonyl (C=O) groups excluding carboxylic acids is 1. The molecule has 0 radical (unpaired) electrons. The number of unbranched alkanes of at least 4 members (excludes halogenated alkanes) is 10. The van der Waals surface area contributed by atoms with E-state index >= 15 is 0 Å². The highest BCUT2D eigenvalue weighted by Crippen LogP contribution is 2.24. The van der Waals surface area contributed by atoms with Gasteiger partial charge in [-0.05, 0) is 49.3 Å². The first-order valence-corrected chi connectivity index (χ1v) is 13.4. The second-order valence-corrected chi connectivity index (χ2v) is 8.99. The Balaban J connectivity index is 1.78. The first-order chi connectivity index (χ1) is 17.2. The molecular formula is C30H42N2O3. The molecule has 1 aromatic carbocycles. The summed E-state index contributed by atoms with van der Waals surface area (Å²) < 4.78 is 11.2. The molecule has 0 amide bonds. The lowest BCUT2D eigenvalue weighted by Gasteiger charge is -2.19. The van der Waals surface area contributed by atoms with Crippen molar-refractivity contribution in [2.45, 2.75) is 90.9 Å². The number of benzene rings is 1. The van der Waals surface area contributed by atoms with Crippen LogP contribution in [0.15, 0.2) is 60.0 Å². The average Bonchev–Trinajstić information content (AvgIpc) is 2.89. The fraction of sp³-hybridized carbons (Fsp3) is 0.533. The van der Waals surface area contributed by atoms with Crippen LogP contribution in [0.5, 0.6) is 5.75 Å². The van der Waals surface area contributed by atoms with Gasteiger partial charge in [-0.2, -0.15) is 5.26 Å². The van der Waals surface area contributed by atoms with Crippen molar-refractivity contribution in [1.82, 2.24) is 0 Å². The van der Waals surface area contributed by atoms with Gasteiger partial charge in [0.25, 0.3) is 0 Å². The molecule has 1 aliphatic heterocycles. The summed E-state index contributed by atoms with van der Waals surface area (Å²) in [4.78, 5) is 14.3. The first-order valence-electron chi connectivity index (χ1n) is 13.4. The number of anilines is 1. The predicted molar refractivity (Wildman–Crippen MR) is 143 cm³/mol. The van der Waals surface area contributed by atoms with Gasteiger partial charge in [-0.25, -0.2) is 4.79 Å². The highest BCUT2D eigenvalue weighted by Gasteiger charge is 2.16. The molecule has 0 spiro atoms. The fourth-order valence-electron chi connectivity index (χ4n) is 3.90. The second-order valence-electron chi connectivity index (χ2n) is 8.99. The van der Waals surface area contributed by atoms with Crippen molar-refractivity contribution in [3.8, 4) is 11.8 Å². The van der Waals surface area contributed by atoms with Crippen LogP contribution < -0.4 is 9.64 Å². The summed E-state index contributed by atoms with van der Waals surface area (Å²) in [6.45, 7) is 5.52. The molecule has 2 rings (SSSR count). The quantitative estimate of drug-likeness (QED) is 0.0982. The zero-order chi connectivity index (χ0) is 25.1. The van der Waals surface area contributed by atoms with E-state index < -0.39 is 5.97 Å². The highest BCUT2D eigenvalue weighted by molar-refractivity contribution is 5.95. The molecular weight excluding hydrogens is 436 g/mol. The molecule has 0 fully saturated rings. The summed E-state index contributed by atoms with van der Waals surface area (Å²) in [5, 5.41) is 9.50. The van der Waals surface area contributed by atoms with Gasteiger partial charge in [0.1, 0.15) is 17.4 Å². The molecule has 0 saturated carbocycles. The molecule has 0 aromatic heterocycles. The topological polar surface area (TPSA) is 62.6 Å². The van der Waals surface area contributed by atoms with Crippen LogP contribution in [0.2, 0.25) is 0 Å². The Kier molecular flexibility index (Phi) is 14.1. The van der Waals surface area contributed by atoms with Crippen LogP contribution in [-0.4, -0.2) is 19.2 Å². The van der Waals surface area contributed by atoms with Crippen molar-refractivity contribution in [2.75, 3.05) is 18.1 Å². The van der Waals surface area contributed by atoms with Crippen LogP contribution in [0.25, 0.3) is 0 Å². The summed E-state index contributed by atoms with van der Waals surface area (Å²) in [6.07, 6.45) is 21.4. The Hall–Kier alpha value is -3.00. The van der Waals surface area contributed by atoms with Gasteiger partial charge in [0.15, 0.2) is 0 Å². The molecule has 35 heavy (non-hydrogen) atoms. The summed E-state index contributed by atoms with van der Waals surface area (Å²) in [6, 6.07) is 9.95. The molecule has 0 bridgehead atoms. The van der Waals surface area contributed by atoms with Crippen molar-refractivity contribution in [3.05, 3.63) is 60.0 Å². The minimum Gasteiger partial charge on any atom is -0.494 e. The van der Waals surface area contributed by atoms with Crippen molar-refractivity contribution in [2.24, 2.45) is 0 Å². The predicted octanol–water partition coefficient (Wildman–Crippen LogP) is 8.00. The zero-order valence-corrected chi connectivity index (χ0v) is 21.6. The van der Waals surface area contributed by atoms with Gasteiger partial charge >= 0.3 is 5.97 Å². The van der Waals surface area contributed by atoms with Gasteiger partial charge in [-0.15, -0.1) is 0 Å². The van der Waals surface area contributed by atoms with Crippen molar-refractivity contribution in [1.29, 1.82) is 5.26 Å². The molecule has 190 valence electrons. The normalized spacial score (nSPS) is 12.5. The minimum absolute atomic E-state index is 0.0431. The number of allylic oxidation sites excluding steroid dienone is 3. The lowest BCUT2D eigenvalue weighted by molar-refractivity contribution is -0.138. The van der Waals surface area contributed by atoms with Gasteiger partial charge in [0, 0.05) is 23.7 Å². The molecule has 1 heterocycles. The van der Waals surface area contributed by atoms with E-state index in [1.807, 2.05) is 47.6 Å². The third kappa shape index (κ3) is 10.9. The largest absolute Gasteiger partial charge is 0.494 e. The van der Waals surface area contributed by atoms with Crippen LogP contribution >= 0.6 is 0 Å². The van der Waals surface area contributed by atoms with E-state index in [0.717, 1.165) is 43.7 Å². The van der Waals surface area contributed by atoms with Crippen molar-refractivity contribution < 1.29 is 14.3 Å². The Morgan fingerprint density at radius 3 is 1.91 bits per heavy atom. The van der Waals surface area contributed by atoms with Crippen LogP contribution in [0.3, 0.4) is 0 Å². The number of nitrogens with zero attached hydrogens (tertiary/aromatic N) is 2. The number of hydrogen-bond donors (Lipinski definition) is 0. The lowest BCUT2D eigenvalue weighted by Crippen LogP contribution is -2.13. The van der Waals surface area contributed by atoms with E-state index in [4.69, 9.17) is 9.47 Å². The lowest BCUT2D eigenvalue weighted by atomic mass is 10.1. The van der Waals surface area contributed by atoms with E-state index in [1.165, 1.54) is 51.4 Å². The highest BCUT2D eigenvalue weighted by atomic mass is 16.5. The average molecular weight is 479 g/mol. The molecule has 0 saturated heterocycles. The molecule has 0 atom stereocenters. The maximum atomic E-state index is 12.4. The molecule has 0 N–H and O–H groups in total. The summed E-state index contributed by atoms with van der Waals surface area (Å²) >= 11 is 0. The number of nitriles is 1. The maximum Gasteiger partial charge on any atom is 0.349 e. The van der Waals surface area contributed by atoms with E-state index in [2.05, 4.69) is 13.8 Å². The fourth-order valence-corrected chi connectivity index (χ4v) is 3.90. The minimum atomic E-state index is -0.550. The van der Waals surface area contributed by atoms with E-state index in [1.54, 1.807) is 12.2 Å². The summed E-state index contributed by atoms with van der Waals surface area (Å²) in [7, 11) is 0. The van der Waals surface area contributed by atoms with Crippen molar-refractivity contribution >= 4 is 11.7 Å². The van der Waals surface area contributed by atoms with Crippen LogP contribution in [0, 0.1) is 11.3 Å². The summed E-state index contributed by atoms with van der Waals surface area (Å²) in [5.74, 6) is 0.318. The molecule has 5 heteroatoms. The Bertz CT molecular complexity index is 862. The third-order valence-corrected chi connectivity index (χ3v) is 6.07. The zero-order valence-electron chi connectivity index (χ0n) is 21.6. The van der Waals surface area contributed by atoms with E-state index in [9.17, 15) is 10.1 Å². The molecule has 0 aliphatic carbocycles. The molecule has 0 unspecified atom stereocenters. The first kappa shape index (κ1) is 28.2. The van der Waals surface area contributed by atoms with Crippen LogP contribution in [0.1, 0.15) is 90.9 Å². The number of hydrogen-bond acceptors (Lipinski definition) is 5. The molecule has 5 nitrogen and oxygen atoms in total. The number of ether oxygens (including phenoxy) is 2. The van der Waals surface area contributed by atoms with Gasteiger partial charge in [0.05, 0.1) is 13.2 Å². The molecule has 1 aromatic rings. The number of esters is 1. The van der Waals surface area contributed by atoms with Gasteiger partial charge < -0.3 is 14.4 Å². The number of carbonyl (C=O) groups is 1.